The quantitative estimate of drug-likeness (QED) is 0.365. The van der Waals surface area contributed by atoms with Crippen LogP contribution in [0, 0.1) is 5.41 Å². The smallest absolute Gasteiger partial charge is 0.0615 e. The van der Waals surface area contributed by atoms with Crippen LogP contribution in [-0.4, -0.2) is 4.98 Å². The molecule has 2 aliphatic rings. The van der Waals surface area contributed by atoms with Gasteiger partial charge in [-0.05, 0) is 73.1 Å². The SMILES string of the molecule is CC1(C)C[C@H](c2ccccc2)C=C2C=c3c(Br)c4[nH]c5ccccc5c4cc3=C21. The molecular weight excluding hydrogens is 418 g/mol. The van der Waals surface area contributed by atoms with Crippen molar-refractivity contribution < 1.29 is 0 Å². The molecule has 3 aromatic carbocycles. The van der Waals surface area contributed by atoms with Crippen LogP contribution in [0.1, 0.15) is 31.7 Å². The van der Waals surface area contributed by atoms with E-state index in [1.165, 1.54) is 53.4 Å². The summed E-state index contributed by atoms with van der Waals surface area (Å²) in [4.78, 5) is 3.62. The number of rotatable bonds is 1. The lowest BCUT2D eigenvalue weighted by Crippen LogP contribution is -2.31. The molecule has 0 saturated heterocycles. The molecule has 1 atom stereocenters. The molecule has 6 rings (SSSR count). The van der Waals surface area contributed by atoms with Crippen LogP contribution >= 0.6 is 15.9 Å². The molecule has 0 amide bonds. The monoisotopic (exact) mass is 439 g/mol. The van der Waals surface area contributed by atoms with Crippen molar-refractivity contribution >= 4 is 49.4 Å². The Hall–Kier alpha value is -2.58. The Bertz CT molecular complexity index is 1450. The summed E-state index contributed by atoms with van der Waals surface area (Å²) in [5.41, 5.74) is 6.80. The molecule has 1 nitrogen and oxygen atoms in total. The molecular formula is C27H22BrN. The number of benzene rings is 3. The molecule has 2 aliphatic carbocycles. The van der Waals surface area contributed by atoms with Gasteiger partial charge in [0, 0.05) is 26.7 Å². The van der Waals surface area contributed by atoms with Gasteiger partial charge in [-0.15, -0.1) is 0 Å². The van der Waals surface area contributed by atoms with Gasteiger partial charge >= 0.3 is 0 Å². The van der Waals surface area contributed by atoms with Crippen molar-refractivity contribution in [2.24, 2.45) is 5.41 Å². The van der Waals surface area contributed by atoms with Gasteiger partial charge < -0.3 is 4.98 Å². The van der Waals surface area contributed by atoms with E-state index >= 15 is 0 Å². The van der Waals surface area contributed by atoms with E-state index in [1.54, 1.807) is 0 Å². The minimum Gasteiger partial charge on any atom is -0.354 e. The predicted molar refractivity (Wildman–Crippen MR) is 126 cm³/mol. The van der Waals surface area contributed by atoms with Gasteiger partial charge in [0.2, 0.25) is 0 Å². The third kappa shape index (κ3) is 2.45. The maximum absolute atomic E-state index is 3.94. The fourth-order valence-electron chi connectivity index (χ4n) is 5.42. The van der Waals surface area contributed by atoms with E-state index in [1.807, 2.05) is 0 Å². The number of hydrogen-bond acceptors (Lipinski definition) is 0. The average molecular weight is 440 g/mol. The number of aromatic amines is 1. The molecule has 0 spiro atoms. The summed E-state index contributed by atoms with van der Waals surface area (Å²) in [5, 5.41) is 5.29. The molecule has 4 aromatic rings. The standard InChI is InChI=1S/C27H22BrN/c1-27(2)15-18(16-8-4-3-5-9-16)12-17-13-21-20(24(17)27)14-22-19-10-6-7-11-23(19)29-26(22)25(21)28/h3-14,18,29H,15H2,1-2H3/t18-/m1/s1. The first-order valence-corrected chi connectivity index (χ1v) is 11.0. The number of H-pyrrole nitrogens is 1. The summed E-state index contributed by atoms with van der Waals surface area (Å²) in [7, 11) is 0. The van der Waals surface area contributed by atoms with Crippen LogP contribution in [-0.2, 0) is 0 Å². The number of hydrogen-bond donors (Lipinski definition) is 1. The fraction of sp³-hybridized carbons (Fsp3) is 0.185. The van der Waals surface area contributed by atoms with Gasteiger partial charge in [-0.3, -0.25) is 0 Å². The minimum atomic E-state index is 0.117. The van der Waals surface area contributed by atoms with Gasteiger partial charge in [-0.1, -0.05) is 68.5 Å². The van der Waals surface area contributed by atoms with Crippen molar-refractivity contribution in [1.29, 1.82) is 0 Å². The van der Waals surface area contributed by atoms with Gasteiger partial charge in [0.15, 0.2) is 0 Å². The van der Waals surface area contributed by atoms with Crippen molar-refractivity contribution in [3.8, 4) is 0 Å². The molecule has 0 fully saturated rings. The van der Waals surface area contributed by atoms with Gasteiger partial charge in [0.25, 0.3) is 0 Å². The van der Waals surface area contributed by atoms with Crippen LogP contribution < -0.4 is 10.4 Å². The maximum atomic E-state index is 3.94. The highest BCUT2D eigenvalue weighted by Gasteiger charge is 2.36. The highest BCUT2D eigenvalue weighted by molar-refractivity contribution is 9.10. The molecule has 0 bridgehead atoms. The van der Waals surface area contributed by atoms with E-state index in [9.17, 15) is 0 Å². The summed E-state index contributed by atoms with van der Waals surface area (Å²) < 4.78 is 1.18. The molecule has 1 N–H and O–H groups in total. The van der Waals surface area contributed by atoms with Crippen LogP contribution in [0.2, 0.25) is 0 Å². The molecule has 29 heavy (non-hydrogen) atoms. The van der Waals surface area contributed by atoms with Gasteiger partial charge in [-0.2, -0.15) is 0 Å². The number of nitrogens with one attached hydrogen (secondary N) is 1. The molecule has 0 radical (unpaired) electrons. The molecule has 142 valence electrons. The Morgan fingerprint density at radius 2 is 1.72 bits per heavy atom. The van der Waals surface area contributed by atoms with E-state index in [2.05, 4.69) is 108 Å². The van der Waals surface area contributed by atoms with Crippen molar-refractivity contribution in [1.82, 2.24) is 4.98 Å². The Morgan fingerprint density at radius 1 is 0.966 bits per heavy atom. The average Bonchev–Trinajstić information content (AvgIpc) is 3.28. The lowest BCUT2D eigenvalue weighted by molar-refractivity contribution is 0.421. The summed E-state index contributed by atoms with van der Waals surface area (Å²) in [6.07, 6.45) is 6.00. The topological polar surface area (TPSA) is 15.8 Å². The third-order valence-corrected chi connectivity index (χ3v) is 7.48. The van der Waals surface area contributed by atoms with Gasteiger partial charge in [0.05, 0.1) is 5.52 Å². The summed E-state index contributed by atoms with van der Waals surface area (Å²) >= 11 is 3.94. The minimum absolute atomic E-state index is 0.117. The number of fused-ring (bicyclic) bond motifs is 5. The first-order chi connectivity index (χ1) is 14.0. The van der Waals surface area contributed by atoms with Crippen molar-refractivity contribution in [2.45, 2.75) is 26.2 Å². The first-order valence-electron chi connectivity index (χ1n) is 10.3. The van der Waals surface area contributed by atoms with Crippen LogP contribution in [0.15, 0.2) is 76.8 Å². The lowest BCUT2D eigenvalue weighted by atomic mass is 9.68. The van der Waals surface area contributed by atoms with Gasteiger partial charge in [0.1, 0.15) is 0 Å². The highest BCUT2D eigenvalue weighted by Crippen LogP contribution is 2.48. The Balaban J connectivity index is 1.68. The lowest BCUT2D eigenvalue weighted by Gasteiger charge is -2.36. The zero-order valence-electron chi connectivity index (χ0n) is 16.6. The van der Waals surface area contributed by atoms with E-state index in [0.29, 0.717) is 5.92 Å². The summed E-state index contributed by atoms with van der Waals surface area (Å²) in [6, 6.07) is 21.9. The Labute approximate surface area is 178 Å². The highest BCUT2D eigenvalue weighted by atomic mass is 79.9. The molecule has 0 aliphatic heterocycles. The third-order valence-electron chi connectivity index (χ3n) is 6.65. The second-order valence-corrected chi connectivity index (χ2v) is 9.78. The number of allylic oxidation sites excluding steroid dienone is 2. The van der Waals surface area contributed by atoms with Crippen molar-refractivity contribution in [2.75, 3.05) is 0 Å². The molecule has 0 unspecified atom stereocenters. The van der Waals surface area contributed by atoms with Crippen LogP contribution in [0.25, 0.3) is 33.5 Å². The summed E-state index contributed by atoms with van der Waals surface area (Å²) in [6.45, 7) is 4.81. The second-order valence-electron chi connectivity index (χ2n) is 8.99. The van der Waals surface area contributed by atoms with Crippen LogP contribution in [0.3, 0.4) is 0 Å². The molecule has 1 heterocycles. The zero-order valence-corrected chi connectivity index (χ0v) is 18.2. The van der Waals surface area contributed by atoms with E-state index in [4.69, 9.17) is 0 Å². The van der Waals surface area contributed by atoms with Gasteiger partial charge in [-0.25, -0.2) is 0 Å². The van der Waals surface area contributed by atoms with E-state index in [-0.39, 0.29) is 5.41 Å². The molecule has 0 saturated carbocycles. The first kappa shape index (κ1) is 17.3. The van der Waals surface area contributed by atoms with E-state index in [0.717, 1.165) is 6.42 Å². The predicted octanol–water partition coefficient (Wildman–Crippen LogP) is 6.17. The number of aromatic nitrogens is 1. The zero-order chi connectivity index (χ0) is 19.8. The maximum Gasteiger partial charge on any atom is 0.0615 e. The normalized spacial score (nSPS) is 19.8. The molecule has 2 heteroatoms. The number of halogens is 1. The summed E-state index contributed by atoms with van der Waals surface area (Å²) in [5.74, 6) is 0.458. The Kier molecular flexibility index (Phi) is 3.56. The van der Waals surface area contributed by atoms with Crippen molar-refractivity contribution in [3.05, 3.63) is 92.8 Å². The Morgan fingerprint density at radius 3 is 2.55 bits per heavy atom. The van der Waals surface area contributed by atoms with E-state index < -0.39 is 0 Å². The van der Waals surface area contributed by atoms with Crippen molar-refractivity contribution in [3.63, 3.8) is 0 Å². The van der Waals surface area contributed by atoms with Crippen LogP contribution in [0.4, 0.5) is 0 Å². The fourth-order valence-corrected chi connectivity index (χ4v) is 6.06. The second kappa shape index (κ2) is 5.96. The number of para-hydroxylation sites is 1. The van der Waals surface area contributed by atoms with Crippen LogP contribution in [0.5, 0.6) is 0 Å². The largest absolute Gasteiger partial charge is 0.354 e. The molecule has 1 aromatic heterocycles.